The Morgan fingerprint density at radius 3 is 2.46 bits per heavy atom. The van der Waals surface area contributed by atoms with E-state index in [4.69, 9.17) is 0 Å². The number of carboxylic acid groups (broad SMARTS) is 2. The number of hydrogen-bond donors (Lipinski definition) is 3. The number of carboxylic acids is 2. The molecule has 1 aliphatic carbocycles. The molecular formula is C17H28N2O5. The van der Waals surface area contributed by atoms with Crippen LogP contribution in [0, 0.1) is 5.92 Å². The van der Waals surface area contributed by atoms with Gasteiger partial charge in [-0.1, -0.05) is 26.2 Å². The van der Waals surface area contributed by atoms with Gasteiger partial charge in [-0.3, -0.25) is 14.9 Å². The normalized spacial score (nSPS) is 28.9. The van der Waals surface area contributed by atoms with Gasteiger partial charge in [-0.05, 0) is 38.5 Å². The minimum atomic E-state index is -0.983. The Hall–Kier alpha value is -1.63. The summed E-state index contributed by atoms with van der Waals surface area (Å²) in [7, 11) is 0. The fourth-order valence-corrected chi connectivity index (χ4v) is 4.16. The fourth-order valence-electron chi connectivity index (χ4n) is 4.16. The molecule has 5 atom stereocenters. The highest BCUT2D eigenvalue weighted by molar-refractivity contribution is 5.88. The van der Waals surface area contributed by atoms with Gasteiger partial charge in [0.15, 0.2) is 0 Å². The third-order valence-electron chi connectivity index (χ3n) is 5.32. The smallest absolute Gasteiger partial charge is 0.326 e. The van der Waals surface area contributed by atoms with Crippen molar-refractivity contribution < 1.29 is 24.6 Å². The molecule has 7 heteroatoms. The van der Waals surface area contributed by atoms with E-state index >= 15 is 0 Å². The fraction of sp³-hybridized carbons (Fsp3) is 0.824. The van der Waals surface area contributed by atoms with E-state index < -0.39 is 30.1 Å². The van der Waals surface area contributed by atoms with Crippen LogP contribution in [-0.2, 0) is 14.4 Å². The summed E-state index contributed by atoms with van der Waals surface area (Å²) in [6.07, 6.45) is 5.53. The molecule has 0 unspecified atom stereocenters. The van der Waals surface area contributed by atoms with Crippen molar-refractivity contribution in [1.82, 2.24) is 10.2 Å². The predicted octanol–water partition coefficient (Wildman–Crippen LogP) is 1.46. The Morgan fingerprint density at radius 2 is 1.88 bits per heavy atom. The molecule has 1 saturated heterocycles. The Balaban J connectivity index is 2.12. The van der Waals surface area contributed by atoms with Crippen LogP contribution < -0.4 is 5.32 Å². The zero-order valence-electron chi connectivity index (χ0n) is 14.4. The molecule has 0 spiro atoms. The number of carbonyl (C=O) groups is 3. The van der Waals surface area contributed by atoms with E-state index in [1.807, 2.05) is 6.92 Å². The molecular weight excluding hydrogens is 312 g/mol. The van der Waals surface area contributed by atoms with Gasteiger partial charge in [0.2, 0.25) is 5.91 Å². The largest absolute Gasteiger partial charge is 0.480 e. The third kappa shape index (κ3) is 3.88. The molecule has 24 heavy (non-hydrogen) atoms. The van der Waals surface area contributed by atoms with E-state index in [2.05, 4.69) is 5.32 Å². The molecule has 2 rings (SSSR count). The highest BCUT2D eigenvalue weighted by Gasteiger charge is 2.48. The average molecular weight is 340 g/mol. The molecule has 2 aliphatic rings. The van der Waals surface area contributed by atoms with E-state index in [1.165, 1.54) is 4.90 Å². The molecule has 136 valence electrons. The standard InChI is InChI=1S/C17H28N2O5/c1-3-6-12(16(21)22)18-10(2)15(20)19-13-8-5-4-7-11(13)9-14(19)17(23)24/h10-14,18H,3-9H2,1-2H3,(H,21,22)(H,23,24)/t10-,11-,12+,13-,14-/m1/s1. The van der Waals surface area contributed by atoms with Crippen LogP contribution in [0.2, 0.25) is 0 Å². The topological polar surface area (TPSA) is 107 Å². The number of fused-ring (bicyclic) bond motifs is 1. The SMILES string of the molecule is CCC[C@H](N[C@H](C)C(=O)N1[C@@H](C(=O)O)C[C@H]2CCCC[C@H]21)C(=O)O. The second kappa shape index (κ2) is 7.96. The maximum absolute atomic E-state index is 12.9. The van der Waals surface area contributed by atoms with Crippen molar-refractivity contribution in [3.05, 3.63) is 0 Å². The van der Waals surface area contributed by atoms with Gasteiger partial charge in [-0.25, -0.2) is 4.79 Å². The molecule has 0 aromatic heterocycles. The first kappa shape index (κ1) is 18.7. The van der Waals surface area contributed by atoms with E-state index in [1.54, 1.807) is 6.92 Å². The molecule has 1 saturated carbocycles. The number of nitrogens with one attached hydrogen (secondary N) is 1. The summed E-state index contributed by atoms with van der Waals surface area (Å²) >= 11 is 0. The molecule has 1 aliphatic heterocycles. The van der Waals surface area contributed by atoms with Gasteiger partial charge in [0.1, 0.15) is 12.1 Å². The van der Waals surface area contributed by atoms with Crippen molar-refractivity contribution in [1.29, 1.82) is 0 Å². The molecule has 7 nitrogen and oxygen atoms in total. The third-order valence-corrected chi connectivity index (χ3v) is 5.32. The number of nitrogens with zero attached hydrogens (tertiary/aromatic N) is 1. The highest BCUT2D eigenvalue weighted by Crippen LogP contribution is 2.40. The second-order valence-corrected chi connectivity index (χ2v) is 7.01. The molecule has 0 aromatic carbocycles. The Morgan fingerprint density at radius 1 is 1.21 bits per heavy atom. The lowest BCUT2D eigenvalue weighted by Gasteiger charge is -2.35. The van der Waals surface area contributed by atoms with Crippen LogP contribution in [0.5, 0.6) is 0 Å². The minimum Gasteiger partial charge on any atom is -0.480 e. The van der Waals surface area contributed by atoms with Crippen molar-refractivity contribution in [2.75, 3.05) is 0 Å². The van der Waals surface area contributed by atoms with Crippen molar-refractivity contribution in [3.63, 3.8) is 0 Å². The Labute approximate surface area is 142 Å². The maximum Gasteiger partial charge on any atom is 0.326 e. The molecule has 1 heterocycles. The van der Waals surface area contributed by atoms with Crippen molar-refractivity contribution in [2.24, 2.45) is 5.92 Å². The van der Waals surface area contributed by atoms with Gasteiger partial charge in [0, 0.05) is 6.04 Å². The van der Waals surface area contributed by atoms with Crippen LogP contribution in [0.15, 0.2) is 0 Å². The van der Waals surface area contributed by atoms with Crippen LogP contribution in [0.3, 0.4) is 0 Å². The summed E-state index contributed by atoms with van der Waals surface area (Å²) < 4.78 is 0. The zero-order chi connectivity index (χ0) is 17.9. The van der Waals surface area contributed by atoms with Crippen molar-refractivity contribution in [3.8, 4) is 0 Å². The lowest BCUT2D eigenvalue weighted by Crippen LogP contribution is -2.55. The number of rotatable bonds is 7. The number of hydrogen-bond acceptors (Lipinski definition) is 4. The summed E-state index contributed by atoms with van der Waals surface area (Å²) in [5.74, 6) is -1.99. The second-order valence-electron chi connectivity index (χ2n) is 7.01. The quantitative estimate of drug-likeness (QED) is 0.648. The average Bonchev–Trinajstić information content (AvgIpc) is 2.93. The van der Waals surface area contributed by atoms with Crippen molar-refractivity contribution >= 4 is 17.8 Å². The Bertz CT molecular complexity index is 495. The predicted molar refractivity (Wildman–Crippen MR) is 87.6 cm³/mol. The van der Waals surface area contributed by atoms with Crippen molar-refractivity contribution in [2.45, 2.75) is 83.0 Å². The molecule has 0 aromatic rings. The van der Waals surface area contributed by atoms with Gasteiger partial charge in [-0.15, -0.1) is 0 Å². The molecule has 0 bridgehead atoms. The van der Waals surface area contributed by atoms with Crippen LogP contribution in [0.1, 0.15) is 58.8 Å². The maximum atomic E-state index is 12.9. The highest BCUT2D eigenvalue weighted by atomic mass is 16.4. The lowest BCUT2D eigenvalue weighted by atomic mass is 9.84. The van der Waals surface area contributed by atoms with Gasteiger partial charge in [0.05, 0.1) is 6.04 Å². The first-order valence-corrected chi connectivity index (χ1v) is 8.90. The number of carbonyl (C=O) groups excluding carboxylic acids is 1. The number of amides is 1. The van der Waals surface area contributed by atoms with Gasteiger partial charge in [0.25, 0.3) is 0 Å². The van der Waals surface area contributed by atoms with E-state index in [-0.39, 0.29) is 17.9 Å². The minimum absolute atomic E-state index is 0.0222. The molecule has 2 fully saturated rings. The monoisotopic (exact) mass is 340 g/mol. The molecule has 1 amide bonds. The summed E-state index contributed by atoms with van der Waals surface area (Å²) in [5, 5.41) is 21.6. The van der Waals surface area contributed by atoms with Crippen LogP contribution >= 0.6 is 0 Å². The van der Waals surface area contributed by atoms with Gasteiger partial charge < -0.3 is 15.1 Å². The van der Waals surface area contributed by atoms with Crippen LogP contribution in [0.4, 0.5) is 0 Å². The van der Waals surface area contributed by atoms with E-state index in [9.17, 15) is 24.6 Å². The number of aliphatic carboxylic acids is 2. The first-order valence-electron chi connectivity index (χ1n) is 8.90. The zero-order valence-corrected chi connectivity index (χ0v) is 14.4. The number of likely N-dealkylation sites (tertiary alicyclic amines) is 1. The van der Waals surface area contributed by atoms with E-state index in [0.29, 0.717) is 19.3 Å². The summed E-state index contributed by atoms with van der Waals surface area (Å²) in [5.41, 5.74) is 0. The summed E-state index contributed by atoms with van der Waals surface area (Å²) in [6.45, 7) is 3.51. The summed E-state index contributed by atoms with van der Waals surface area (Å²) in [6, 6.07) is -2.31. The summed E-state index contributed by atoms with van der Waals surface area (Å²) in [4.78, 5) is 37.3. The van der Waals surface area contributed by atoms with Gasteiger partial charge >= 0.3 is 11.9 Å². The molecule has 0 radical (unpaired) electrons. The van der Waals surface area contributed by atoms with E-state index in [0.717, 1.165) is 25.7 Å². The van der Waals surface area contributed by atoms with Gasteiger partial charge in [-0.2, -0.15) is 0 Å². The van der Waals surface area contributed by atoms with Crippen LogP contribution in [0.25, 0.3) is 0 Å². The molecule has 3 N–H and O–H groups in total. The first-order chi connectivity index (χ1) is 11.4. The lowest BCUT2D eigenvalue weighted by molar-refractivity contribution is -0.151. The van der Waals surface area contributed by atoms with Crippen LogP contribution in [-0.4, -0.2) is 57.1 Å². The Kier molecular flexibility index (Phi) is 6.21.